The molecule has 6 rings (SSSR count). The molecule has 2 heterocycles. The van der Waals surface area contributed by atoms with Gasteiger partial charge in [0.25, 0.3) is 5.69 Å². The molecule has 0 spiro atoms. The van der Waals surface area contributed by atoms with Crippen LogP contribution < -0.4 is 14.8 Å². The average molecular weight is 553 g/mol. The van der Waals surface area contributed by atoms with Gasteiger partial charge < -0.3 is 19.5 Å². The maximum Gasteiger partial charge on any atom is 0.336 e. The van der Waals surface area contributed by atoms with Gasteiger partial charge in [0.05, 0.1) is 29.1 Å². The van der Waals surface area contributed by atoms with Crippen LogP contribution in [0.25, 0.3) is 0 Å². The molecule has 2 atom stereocenters. The Morgan fingerprint density at radius 2 is 1.71 bits per heavy atom. The number of nitrogens with zero attached hydrogens (tertiary/aromatic N) is 1. The largest absolute Gasteiger partial charge is 0.462 e. The second-order valence-corrected chi connectivity index (χ2v) is 10.3. The van der Waals surface area contributed by atoms with Gasteiger partial charge in [0, 0.05) is 35.4 Å². The minimum Gasteiger partial charge on any atom is -0.462 e. The topological polar surface area (TPSA) is 117 Å². The monoisotopic (exact) mass is 552 g/mol. The molecule has 0 fully saturated rings. The van der Waals surface area contributed by atoms with Gasteiger partial charge in [-0.2, -0.15) is 0 Å². The van der Waals surface area contributed by atoms with E-state index in [-0.39, 0.29) is 54.1 Å². The lowest BCUT2D eigenvalue weighted by Gasteiger charge is -2.36. The fraction of sp³-hybridized carbons (Fsp3) is 0.250. The summed E-state index contributed by atoms with van der Waals surface area (Å²) in [6.45, 7) is 1.78. The van der Waals surface area contributed by atoms with E-state index in [1.54, 1.807) is 6.92 Å². The van der Waals surface area contributed by atoms with Gasteiger partial charge in [-0.3, -0.25) is 14.9 Å². The van der Waals surface area contributed by atoms with E-state index in [9.17, 15) is 19.7 Å². The zero-order valence-corrected chi connectivity index (χ0v) is 22.4. The SMILES string of the molecule is CC1=C(C(=O)OCCc2ccccc2)[C@@H](c2cc3c(cc2[N+](=O)[O-])OCO3)C2=C(C[C@H](c3ccccc3)CC2=O)N1. The van der Waals surface area contributed by atoms with Crippen LogP contribution in [0.3, 0.4) is 0 Å². The third kappa shape index (κ3) is 5.06. The van der Waals surface area contributed by atoms with Crippen molar-refractivity contribution in [2.45, 2.75) is 38.0 Å². The highest BCUT2D eigenvalue weighted by Gasteiger charge is 2.44. The summed E-state index contributed by atoms with van der Waals surface area (Å²) in [6.07, 6.45) is 1.25. The summed E-state index contributed by atoms with van der Waals surface area (Å²) >= 11 is 0. The van der Waals surface area contributed by atoms with Gasteiger partial charge >= 0.3 is 5.97 Å². The Morgan fingerprint density at radius 3 is 2.41 bits per heavy atom. The molecule has 2 aliphatic heterocycles. The predicted molar refractivity (Wildman–Crippen MR) is 149 cm³/mol. The smallest absolute Gasteiger partial charge is 0.336 e. The van der Waals surface area contributed by atoms with Crippen LogP contribution in [0.5, 0.6) is 11.5 Å². The molecule has 208 valence electrons. The van der Waals surface area contributed by atoms with Gasteiger partial charge in [0.1, 0.15) is 0 Å². The molecular formula is C32H28N2O7. The first-order valence-electron chi connectivity index (χ1n) is 13.5. The minimum atomic E-state index is -1.01. The highest BCUT2D eigenvalue weighted by atomic mass is 16.7. The number of nitro benzene ring substituents is 1. The Morgan fingerprint density at radius 1 is 1.02 bits per heavy atom. The number of esters is 1. The van der Waals surface area contributed by atoms with Crippen molar-refractivity contribution in [2.75, 3.05) is 13.4 Å². The van der Waals surface area contributed by atoms with Gasteiger partial charge in [-0.05, 0) is 36.5 Å². The number of ether oxygens (including phenoxy) is 3. The van der Waals surface area contributed by atoms with Crippen molar-refractivity contribution in [1.82, 2.24) is 5.32 Å². The van der Waals surface area contributed by atoms with Crippen LogP contribution in [-0.4, -0.2) is 30.1 Å². The quantitative estimate of drug-likeness (QED) is 0.233. The van der Waals surface area contributed by atoms with Crippen LogP contribution >= 0.6 is 0 Å². The van der Waals surface area contributed by atoms with Crippen molar-refractivity contribution in [2.24, 2.45) is 0 Å². The summed E-state index contributed by atoms with van der Waals surface area (Å²) in [5, 5.41) is 15.6. The molecule has 1 N–H and O–H groups in total. The number of allylic oxidation sites excluding steroid dienone is 3. The number of hydrogen-bond donors (Lipinski definition) is 1. The second kappa shape index (κ2) is 10.9. The molecule has 9 heteroatoms. The van der Waals surface area contributed by atoms with Crippen molar-refractivity contribution in [3.8, 4) is 11.5 Å². The van der Waals surface area contributed by atoms with Crippen LogP contribution in [0.4, 0.5) is 5.69 Å². The Balaban J connectivity index is 1.41. The highest BCUT2D eigenvalue weighted by molar-refractivity contribution is 6.04. The van der Waals surface area contributed by atoms with Gasteiger partial charge in [-0.1, -0.05) is 60.7 Å². The molecule has 1 aliphatic carbocycles. The molecule has 0 radical (unpaired) electrons. The molecule has 9 nitrogen and oxygen atoms in total. The van der Waals surface area contributed by atoms with E-state index in [4.69, 9.17) is 14.2 Å². The second-order valence-electron chi connectivity index (χ2n) is 10.3. The first kappa shape index (κ1) is 26.3. The summed E-state index contributed by atoms with van der Waals surface area (Å²) < 4.78 is 16.6. The van der Waals surface area contributed by atoms with Crippen molar-refractivity contribution in [3.63, 3.8) is 0 Å². The van der Waals surface area contributed by atoms with Crippen LogP contribution in [0.2, 0.25) is 0 Å². The van der Waals surface area contributed by atoms with Gasteiger partial charge in [0.2, 0.25) is 6.79 Å². The molecule has 3 aromatic carbocycles. The van der Waals surface area contributed by atoms with Crippen molar-refractivity contribution >= 4 is 17.4 Å². The maximum absolute atomic E-state index is 13.9. The highest BCUT2D eigenvalue weighted by Crippen LogP contribution is 2.50. The van der Waals surface area contributed by atoms with E-state index in [1.807, 2.05) is 60.7 Å². The number of dihydropyridines is 1. The average Bonchev–Trinajstić information content (AvgIpc) is 3.44. The van der Waals surface area contributed by atoms with Gasteiger partial charge in [-0.15, -0.1) is 0 Å². The van der Waals surface area contributed by atoms with Crippen LogP contribution in [0.15, 0.2) is 95.3 Å². The molecule has 3 aromatic rings. The molecular weight excluding hydrogens is 524 g/mol. The lowest BCUT2D eigenvalue weighted by molar-refractivity contribution is -0.385. The van der Waals surface area contributed by atoms with Crippen LogP contribution in [0, 0.1) is 10.1 Å². The number of rotatable bonds is 7. The lowest BCUT2D eigenvalue weighted by atomic mass is 9.71. The molecule has 0 unspecified atom stereocenters. The molecule has 0 saturated carbocycles. The number of ketones is 1. The van der Waals surface area contributed by atoms with Crippen LogP contribution in [0.1, 0.15) is 48.3 Å². The van der Waals surface area contributed by atoms with Crippen molar-refractivity contribution in [3.05, 3.63) is 122 Å². The van der Waals surface area contributed by atoms with E-state index in [1.165, 1.54) is 12.1 Å². The van der Waals surface area contributed by atoms with Gasteiger partial charge in [-0.25, -0.2) is 4.79 Å². The molecule has 3 aliphatic rings. The summed E-state index contributed by atoms with van der Waals surface area (Å²) in [7, 11) is 0. The Bertz CT molecular complexity index is 1590. The Kier molecular flexibility index (Phi) is 7.01. The van der Waals surface area contributed by atoms with Gasteiger partial charge in [0.15, 0.2) is 17.3 Å². The number of fused-ring (bicyclic) bond motifs is 1. The standard InChI is InChI=1S/C32H28N2O7/c1-19-29(32(36)39-13-12-20-8-4-2-5-9-20)30(23-16-27-28(41-18-40-27)17-25(23)34(37)38)31-24(33-19)14-22(15-26(31)35)21-10-6-3-7-11-21/h2-11,16-17,22,30,33H,12-15,18H2,1H3/t22-,30+/m0/s1. The minimum absolute atomic E-state index is 0.0606. The zero-order chi connectivity index (χ0) is 28.5. The van der Waals surface area contributed by atoms with Crippen LogP contribution in [-0.2, 0) is 20.7 Å². The van der Waals surface area contributed by atoms with Crippen molar-refractivity contribution in [1.29, 1.82) is 0 Å². The third-order valence-electron chi connectivity index (χ3n) is 7.81. The third-order valence-corrected chi connectivity index (χ3v) is 7.81. The fourth-order valence-electron chi connectivity index (χ4n) is 5.90. The molecule has 0 bridgehead atoms. The molecule has 0 saturated heterocycles. The number of hydrogen-bond acceptors (Lipinski definition) is 8. The Labute approximate surface area is 236 Å². The van der Waals surface area contributed by atoms with E-state index in [2.05, 4.69) is 5.32 Å². The fourth-order valence-corrected chi connectivity index (χ4v) is 5.90. The van der Waals surface area contributed by atoms with E-state index < -0.39 is 16.8 Å². The van der Waals surface area contributed by atoms with E-state index >= 15 is 0 Å². The number of benzene rings is 3. The number of nitrogens with one attached hydrogen (secondary N) is 1. The van der Waals surface area contributed by atoms with E-state index in [0.717, 1.165) is 11.1 Å². The normalized spacial score (nSPS) is 19.5. The molecule has 0 amide bonds. The van der Waals surface area contributed by atoms with E-state index in [0.29, 0.717) is 35.6 Å². The maximum atomic E-state index is 13.9. The first-order chi connectivity index (χ1) is 19.9. The summed E-state index contributed by atoms with van der Waals surface area (Å²) in [6, 6.07) is 22.2. The first-order valence-corrected chi connectivity index (χ1v) is 13.5. The lowest BCUT2D eigenvalue weighted by Crippen LogP contribution is -2.36. The zero-order valence-electron chi connectivity index (χ0n) is 22.4. The molecule has 0 aromatic heterocycles. The summed E-state index contributed by atoms with van der Waals surface area (Å²) in [4.78, 5) is 39.3. The Hall–Kier alpha value is -4.92. The number of Topliss-reactive ketones (excluding diaryl/α,β-unsaturated/α-hetero) is 1. The number of carbonyl (C=O) groups excluding carboxylic acids is 2. The number of carbonyl (C=O) groups is 2. The summed E-state index contributed by atoms with van der Waals surface area (Å²) in [5.74, 6) is -1.30. The predicted octanol–water partition coefficient (Wildman–Crippen LogP) is 5.47. The molecule has 41 heavy (non-hydrogen) atoms. The number of nitro groups is 1. The summed E-state index contributed by atoms with van der Waals surface area (Å²) in [5.41, 5.74) is 3.65. The van der Waals surface area contributed by atoms with Crippen molar-refractivity contribution < 1.29 is 28.7 Å².